The van der Waals surface area contributed by atoms with Gasteiger partial charge in [-0.1, -0.05) is 54.9 Å². The Morgan fingerprint density at radius 3 is 2.65 bits per heavy atom. The molecule has 31 heavy (non-hydrogen) atoms. The second-order valence-corrected chi connectivity index (χ2v) is 8.84. The van der Waals surface area contributed by atoms with Gasteiger partial charge in [-0.25, -0.2) is 4.99 Å². The van der Waals surface area contributed by atoms with E-state index in [-0.39, 0.29) is 12.0 Å². The quantitative estimate of drug-likeness (QED) is 0.397. The largest absolute Gasteiger partial charge is 0.489 e. The van der Waals surface area contributed by atoms with Crippen LogP contribution in [0.5, 0.6) is 5.75 Å². The van der Waals surface area contributed by atoms with E-state index in [1.54, 1.807) is 11.9 Å². The number of likely N-dealkylation sites (N-methyl/N-ethyl adjacent to an activating group) is 1. The van der Waals surface area contributed by atoms with Gasteiger partial charge in [0.25, 0.3) is 5.91 Å². The second-order valence-electron chi connectivity index (χ2n) is 7.43. The molecule has 0 aliphatic carbocycles. The number of fused-ring (bicyclic) bond motifs is 1. The predicted molar refractivity (Wildman–Crippen MR) is 131 cm³/mol. The van der Waals surface area contributed by atoms with Gasteiger partial charge in [-0.2, -0.15) is 0 Å². The van der Waals surface area contributed by atoms with E-state index < -0.39 is 0 Å². The van der Waals surface area contributed by atoms with E-state index in [0.29, 0.717) is 20.8 Å². The smallest absolute Gasteiger partial charge is 0.266 e. The number of thioether (sulfide) groups is 1. The van der Waals surface area contributed by atoms with Gasteiger partial charge in [-0.15, -0.1) is 0 Å². The van der Waals surface area contributed by atoms with E-state index in [1.807, 2.05) is 61.5 Å². The summed E-state index contributed by atoms with van der Waals surface area (Å²) in [5.41, 5.74) is 1.66. The Hall–Kier alpha value is -2.76. The van der Waals surface area contributed by atoms with Crippen molar-refractivity contribution in [2.75, 3.05) is 7.05 Å². The molecule has 0 N–H and O–H groups in total. The van der Waals surface area contributed by atoms with Crippen molar-refractivity contribution in [2.24, 2.45) is 4.99 Å². The SMILES string of the molecule is CC[C@H](C)Oc1ccc(/C=C2\SC(=Nc3ccc4ccccc4c3)N(C)C2=O)cc1Cl. The maximum absolute atomic E-state index is 12.8. The zero-order chi connectivity index (χ0) is 22.0. The van der Waals surface area contributed by atoms with E-state index in [4.69, 9.17) is 21.3 Å². The van der Waals surface area contributed by atoms with E-state index in [9.17, 15) is 4.79 Å². The van der Waals surface area contributed by atoms with Crippen molar-refractivity contribution < 1.29 is 9.53 Å². The number of rotatable bonds is 5. The first-order valence-corrected chi connectivity index (χ1v) is 11.4. The summed E-state index contributed by atoms with van der Waals surface area (Å²) < 4.78 is 5.82. The highest BCUT2D eigenvalue weighted by molar-refractivity contribution is 8.18. The lowest BCUT2D eigenvalue weighted by Crippen LogP contribution is -2.23. The minimum atomic E-state index is -0.0828. The molecule has 4 rings (SSSR count). The summed E-state index contributed by atoms with van der Waals surface area (Å²) in [6.07, 6.45) is 2.83. The van der Waals surface area contributed by atoms with Crippen LogP contribution in [0, 0.1) is 0 Å². The highest BCUT2D eigenvalue weighted by Gasteiger charge is 2.30. The third kappa shape index (κ3) is 4.78. The fraction of sp³-hybridized carbons (Fsp3) is 0.200. The van der Waals surface area contributed by atoms with Crippen molar-refractivity contribution in [3.8, 4) is 5.75 Å². The Bertz CT molecular complexity index is 1210. The Morgan fingerprint density at radius 2 is 1.90 bits per heavy atom. The molecule has 158 valence electrons. The predicted octanol–water partition coefficient (Wildman–Crippen LogP) is 6.90. The maximum atomic E-state index is 12.8. The van der Waals surface area contributed by atoms with Crippen LogP contribution in [0.25, 0.3) is 16.8 Å². The Balaban J connectivity index is 1.58. The molecule has 1 fully saturated rings. The first-order valence-electron chi connectivity index (χ1n) is 10.2. The van der Waals surface area contributed by atoms with Crippen molar-refractivity contribution in [1.29, 1.82) is 0 Å². The van der Waals surface area contributed by atoms with E-state index in [1.165, 1.54) is 11.8 Å². The number of carbonyl (C=O) groups excluding carboxylic acids is 1. The average molecular weight is 451 g/mol. The fourth-order valence-electron chi connectivity index (χ4n) is 3.16. The summed E-state index contributed by atoms with van der Waals surface area (Å²) in [6.45, 7) is 4.07. The molecule has 1 aliphatic rings. The summed E-state index contributed by atoms with van der Waals surface area (Å²) in [6, 6.07) is 19.7. The number of nitrogens with zero attached hydrogens (tertiary/aromatic N) is 2. The van der Waals surface area contributed by atoms with Crippen molar-refractivity contribution in [3.63, 3.8) is 0 Å². The molecule has 0 spiro atoms. The van der Waals surface area contributed by atoms with Crippen LogP contribution >= 0.6 is 23.4 Å². The molecule has 1 aliphatic heterocycles. The molecule has 1 heterocycles. The van der Waals surface area contributed by atoms with Gasteiger partial charge in [0, 0.05) is 7.05 Å². The highest BCUT2D eigenvalue weighted by atomic mass is 35.5. The van der Waals surface area contributed by atoms with Crippen LogP contribution < -0.4 is 4.74 Å². The van der Waals surface area contributed by atoms with Crippen LogP contribution in [-0.4, -0.2) is 29.1 Å². The standard InChI is InChI=1S/C25H23ClN2O2S/c1-4-16(2)30-22-12-9-17(13-21(22)26)14-23-24(29)28(3)25(31-23)27-20-11-10-18-7-5-6-8-19(18)15-20/h5-16H,4H2,1-3H3/b23-14-,27-25?/t16-/m0/s1. The molecule has 3 aromatic carbocycles. The molecule has 0 saturated carbocycles. The zero-order valence-corrected chi connectivity index (χ0v) is 19.2. The Morgan fingerprint density at radius 1 is 1.13 bits per heavy atom. The average Bonchev–Trinajstić information content (AvgIpc) is 3.03. The summed E-state index contributed by atoms with van der Waals surface area (Å²) in [7, 11) is 1.74. The molecule has 1 saturated heterocycles. The summed E-state index contributed by atoms with van der Waals surface area (Å²) >= 11 is 7.74. The minimum Gasteiger partial charge on any atom is -0.489 e. The number of halogens is 1. The number of amidine groups is 1. The third-order valence-corrected chi connectivity index (χ3v) is 6.47. The molecule has 0 radical (unpaired) electrons. The molecule has 0 aromatic heterocycles. The number of benzene rings is 3. The monoisotopic (exact) mass is 450 g/mol. The molecule has 0 unspecified atom stereocenters. The maximum Gasteiger partial charge on any atom is 0.266 e. The van der Waals surface area contributed by atoms with Gasteiger partial charge >= 0.3 is 0 Å². The summed E-state index contributed by atoms with van der Waals surface area (Å²) in [5.74, 6) is 0.569. The van der Waals surface area contributed by atoms with Crippen LogP contribution in [0.3, 0.4) is 0 Å². The summed E-state index contributed by atoms with van der Waals surface area (Å²) in [4.78, 5) is 19.6. The number of ether oxygens (including phenoxy) is 1. The fourth-order valence-corrected chi connectivity index (χ4v) is 4.38. The lowest BCUT2D eigenvalue weighted by Gasteiger charge is -2.14. The minimum absolute atomic E-state index is 0.0828. The molecular formula is C25H23ClN2O2S. The van der Waals surface area contributed by atoms with Crippen molar-refractivity contribution in [2.45, 2.75) is 26.4 Å². The lowest BCUT2D eigenvalue weighted by atomic mass is 10.1. The van der Waals surface area contributed by atoms with Crippen LogP contribution in [0.15, 0.2) is 70.6 Å². The van der Waals surface area contributed by atoms with Crippen LogP contribution in [0.4, 0.5) is 5.69 Å². The summed E-state index contributed by atoms with van der Waals surface area (Å²) in [5, 5.41) is 3.46. The van der Waals surface area contributed by atoms with Crippen molar-refractivity contribution >= 4 is 57.0 Å². The molecule has 0 bridgehead atoms. The first-order chi connectivity index (χ1) is 14.9. The van der Waals surface area contributed by atoms with Gasteiger partial charge in [0.2, 0.25) is 0 Å². The third-order valence-electron chi connectivity index (χ3n) is 5.12. The lowest BCUT2D eigenvalue weighted by molar-refractivity contribution is -0.121. The van der Waals surface area contributed by atoms with E-state index in [0.717, 1.165) is 28.4 Å². The van der Waals surface area contributed by atoms with Gasteiger partial charge in [0.15, 0.2) is 5.17 Å². The molecule has 4 nitrogen and oxygen atoms in total. The number of hydrogen-bond acceptors (Lipinski definition) is 4. The van der Waals surface area contributed by atoms with E-state index in [2.05, 4.69) is 19.1 Å². The van der Waals surface area contributed by atoms with Gasteiger partial charge in [-0.05, 0) is 71.8 Å². The van der Waals surface area contributed by atoms with Crippen molar-refractivity contribution in [1.82, 2.24) is 4.90 Å². The van der Waals surface area contributed by atoms with E-state index >= 15 is 0 Å². The van der Waals surface area contributed by atoms with Gasteiger partial charge in [0.05, 0.1) is 21.7 Å². The normalized spacial score (nSPS) is 17.7. The van der Waals surface area contributed by atoms with Gasteiger partial charge in [0.1, 0.15) is 5.75 Å². The molecule has 1 amide bonds. The van der Waals surface area contributed by atoms with Crippen molar-refractivity contribution in [3.05, 3.63) is 76.2 Å². The Labute approximate surface area is 191 Å². The molecule has 3 aromatic rings. The zero-order valence-electron chi connectivity index (χ0n) is 17.6. The number of aliphatic imine (C=N–C) groups is 1. The Kier molecular flexibility index (Phi) is 6.35. The topological polar surface area (TPSA) is 41.9 Å². The highest BCUT2D eigenvalue weighted by Crippen LogP contribution is 2.35. The molecule has 1 atom stereocenters. The van der Waals surface area contributed by atoms with Crippen LogP contribution in [0.1, 0.15) is 25.8 Å². The number of carbonyl (C=O) groups is 1. The molecular weight excluding hydrogens is 428 g/mol. The van der Waals surface area contributed by atoms with Crippen LogP contribution in [-0.2, 0) is 4.79 Å². The van der Waals surface area contributed by atoms with Crippen LogP contribution in [0.2, 0.25) is 5.02 Å². The van der Waals surface area contributed by atoms with Gasteiger partial charge < -0.3 is 4.74 Å². The van der Waals surface area contributed by atoms with Gasteiger partial charge in [-0.3, -0.25) is 9.69 Å². The first kappa shape index (κ1) is 21.5. The molecule has 6 heteroatoms. The number of amides is 1. The number of hydrogen-bond donors (Lipinski definition) is 0. The second kappa shape index (κ2) is 9.16.